The van der Waals surface area contributed by atoms with Gasteiger partial charge in [0, 0.05) is 11.0 Å². The molecule has 112 valence electrons. The number of rotatable bonds is 7. The van der Waals surface area contributed by atoms with Crippen molar-refractivity contribution >= 4 is 33.2 Å². The standard InChI is InChI=1S/C15H16BrNO3S/c16-13-4-2-1-3-12(13)15(19)17-9-14(20-7-6-18)11-5-8-21-10-11/h1-5,8,10,14,18H,6-7,9H2,(H,17,19). The van der Waals surface area contributed by atoms with E-state index in [0.29, 0.717) is 12.1 Å². The highest BCUT2D eigenvalue weighted by Gasteiger charge is 2.15. The minimum atomic E-state index is -0.255. The summed E-state index contributed by atoms with van der Waals surface area (Å²) in [6.45, 7) is 0.557. The molecule has 2 aromatic rings. The van der Waals surface area contributed by atoms with Crippen molar-refractivity contribution in [3.63, 3.8) is 0 Å². The number of halogens is 1. The second-order valence-electron chi connectivity index (χ2n) is 4.33. The number of thiophene rings is 1. The summed E-state index contributed by atoms with van der Waals surface area (Å²) in [6.07, 6.45) is -0.255. The number of amides is 1. The summed E-state index contributed by atoms with van der Waals surface area (Å²) < 4.78 is 6.34. The molecule has 4 nitrogen and oxygen atoms in total. The lowest BCUT2D eigenvalue weighted by Gasteiger charge is -2.17. The maximum absolute atomic E-state index is 12.2. The summed E-state index contributed by atoms with van der Waals surface area (Å²) in [6, 6.07) is 9.22. The van der Waals surface area contributed by atoms with Crippen molar-refractivity contribution in [3.05, 3.63) is 56.7 Å². The Hall–Kier alpha value is -1.21. The quantitative estimate of drug-likeness (QED) is 0.788. The van der Waals surface area contributed by atoms with E-state index in [-0.39, 0.29) is 25.2 Å². The first-order valence-corrected chi connectivity index (χ1v) is 8.23. The Morgan fingerprint density at radius 2 is 2.19 bits per heavy atom. The van der Waals surface area contributed by atoms with E-state index in [4.69, 9.17) is 9.84 Å². The van der Waals surface area contributed by atoms with Crippen LogP contribution in [0, 0.1) is 0 Å². The molecular weight excluding hydrogens is 354 g/mol. The van der Waals surface area contributed by atoms with Gasteiger partial charge in [0.25, 0.3) is 5.91 Å². The first kappa shape index (κ1) is 16.2. The molecule has 1 aromatic heterocycles. The van der Waals surface area contributed by atoms with Gasteiger partial charge in [-0.15, -0.1) is 0 Å². The molecule has 0 aliphatic carbocycles. The van der Waals surface area contributed by atoms with Gasteiger partial charge in [-0.05, 0) is 50.5 Å². The van der Waals surface area contributed by atoms with E-state index in [2.05, 4.69) is 21.2 Å². The zero-order chi connectivity index (χ0) is 15.1. The van der Waals surface area contributed by atoms with Crippen LogP contribution in [0.15, 0.2) is 45.6 Å². The van der Waals surface area contributed by atoms with Gasteiger partial charge in [0.15, 0.2) is 0 Å². The van der Waals surface area contributed by atoms with Gasteiger partial charge in [0.05, 0.1) is 18.8 Å². The van der Waals surface area contributed by atoms with Crippen molar-refractivity contribution in [1.29, 1.82) is 0 Å². The van der Waals surface area contributed by atoms with Crippen molar-refractivity contribution in [2.24, 2.45) is 0 Å². The number of hydrogen-bond donors (Lipinski definition) is 2. The molecule has 0 saturated heterocycles. The van der Waals surface area contributed by atoms with E-state index >= 15 is 0 Å². The number of carbonyl (C=O) groups excluding carboxylic acids is 1. The summed E-state index contributed by atoms with van der Waals surface area (Å²) >= 11 is 4.93. The van der Waals surface area contributed by atoms with Crippen LogP contribution in [0.5, 0.6) is 0 Å². The molecule has 1 amide bonds. The molecule has 1 aromatic carbocycles. The van der Waals surface area contributed by atoms with Crippen molar-refractivity contribution in [3.8, 4) is 0 Å². The molecule has 21 heavy (non-hydrogen) atoms. The van der Waals surface area contributed by atoms with Gasteiger partial charge in [-0.25, -0.2) is 0 Å². The molecule has 0 aliphatic rings. The highest BCUT2D eigenvalue weighted by Crippen LogP contribution is 2.20. The second kappa shape index (κ2) is 8.29. The normalized spacial score (nSPS) is 12.1. The van der Waals surface area contributed by atoms with Crippen LogP contribution in [0.25, 0.3) is 0 Å². The molecule has 1 atom stereocenters. The van der Waals surface area contributed by atoms with E-state index in [1.165, 1.54) is 0 Å². The highest BCUT2D eigenvalue weighted by molar-refractivity contribution is 9.10. The summed E-state index contributed by atoms with van der Waals surface area (Å²) in [4.78, 5) is 12.2. The molecule has 0 bridgehead atoms. The third-order valence-corrected chi connectivity index (χ3v) is 4.28. The maximum Gasteiger partial charge on any atom is 0.252 e. The van der Waals surface area contributed by atoms with Gasteiger partial charge in [-0.2, -0.15) is 11.3 Å². The van der Waals surface area contributed by atoms with Crippen LogP contribution in [-0.4, -0.2) is 30.8 Å². The fourth-order valence-electron chi connectivity index (χ4n) is 1.85. The highest BCUT2D eigenvalue weighted by atomic mass is 79.9. The number of benzene rings is 1. The molecule has 1 heterocycles. The van der Waals surface area contributed by atoms with Crippen molar-refractivity contribution in [2.45, 2.75) is 6.10 Å². The van der Waals surface area contributed by atoms with Crippen molar-refractivity contribution in [1.82, 2.24) is 5.32 Å². The van der Waals surface area contributed by atoms with E-state index in [0.717, 1.165) is 10.0 Å². The van der Waals surface area contributed by atoms with Gasteiger partial charge < -0.3 is 15.2 Å². The van der Waals surface area contributed by atoms with E-state index < -0.39 is 0 Å². The Kier molecular flexibility index (Phi) is 6.38. The third-order valence-electron chi connectivity index (χ3n) is 2.89. The molecule has 0 radical (unpaired) electrons. The fraction of sp³-hybridized carbons (Fsp3) is 0.267. The number of nitrogens with one attached hydrogen (secondary N) is 1. The van der Waals surface area contributed by atoms with Gasteiger partial charge in [0.1, 0.15) is 6.10 Å². The van der Waals surface area contributed by atoms with Crippen molar-refractivity contribution < 1.29 is 14.6 Å². The van der Waals surface area contributed by atoms with Crippen LogP contribution >= 0.6 is 27.3 Å². The van der Waals surface area contributed by atoms with Crippen LogP contribution in [0.4, 0.5) is 0 Å². The van der Waals surface area contributed by atoms with Gasteiger partial charge in [-0.1, -0.05) is 12.1 Å². The number of ether oxygens (including phenoxy) is 1. The predicted octanol–water partition coefficient (Wildman–Crippen LogP) is 2.99. The minimum absolute atomic E-state index is 0.0428. The average Bonchev–Trinajstić information content (AvgIpc) is 3.01. The molecule has 0 saturated carbocycles. The summed E-state index contributed by atoms with van der Waals surface area (Å²) in [5.41, 5.74) is 1.59. The minimum Gasteiger partial charge on any atom is -0.394 e. The van der Waals surface area contributed by atoms with E-state index in [1.54, 1.807) is 17.4 Å². The zero-order valence-corrected chi connectivity index (χ0v) is 13.7. The molecule has 2 rings (SSSR count). The van der Waals surface area contributed by atoms with Gasteiger partial charge in [0.2, 0.25) is 0 Å². The molecule has 0 aliphatic heterocycles. The molecule has 6 heteroatoms. The van der Waals surface area contributed by atoms with Crippen LogP contribution in [0.3, 0.4) is 0 Å². The lowest BCUT2D eigenvalue weighted by molar-refractivity contribution is 0.0279. The monoisotopic (exact) mass is 369 g/mol. The first-order valence-electron chi connectivity index (χ1n) is 6.49. The predicted molar refractivity (Wildman–Crippen MR) is 86.6 cm³/mol. The number of aliphatic hydroxyl groups excluding tert-OH is 1. The van der Waals surface area contributed by atoms with Crippen LogP contribution in [-0.2, 0) is 4.74 Å². The zero-order valence-electron chi connectivity index (χ0n) is 11.3. The summed E-state index contributed by atoms with van der Waals surface area (Å²) in [5, 5.41) is 15.7. The number of aliphatic hydroxyl groups is 1. The topological polar surface area (TPSA) is 58.6 Å². The van der Waals surface area contributed by atoms with Gasteiger partial charge in [-0.3, -0.25) is 4.79 Å². The SMILES string of the molecule is O=C(NCC(OCCO)c1ccsc1)c1ccccc1Br. The molecule has 0 fully saturated rings. The Morgan fingerprint density at radius 1 is 1.38 bits per heavy atom. The second-order valence-corrected chi connectivity index (χ2v) is 5.96. The Labute approximate surface area is 135 Å². The summed E-state index contributed by atoms with van der Waals surface area (Å²) in [7, 11) is 0. The molecule has 0 spiro atoms. The first-order chi connectivity index (χ1) is 10.2. The lowest BCUT2D eigenvalue weighted by atomic mass is 10.1. The molecule has 1 unspecified atom stereocenters. The van der Waals surface area contributed by atoms with E-state index in [9.17, 15) is 4.79 Å². The number of carbonyl (C=O) groups is 1. The average molecular weight is 370 g/mol. The molecular formula is C15H16BrNO3S. The van der Waals surface area contributed by atoms with Gasteiger partial charge >= 0.3 is 0 Å². The van der Waals surface area contributed by atoms with Crippen molar-refractivity contribution in [2.75, 3.05) is 19.8 Å². The Balaban J connectivity index is 1.98. The smallest absolute Gasteiger partial charge is 0.252 e. The third kappa shape index (κ3) is 4.64. The Bertz CT molecular complexity index is 574. The van der Waals surface area contributed by atoms with Crippen LogP contribution < -0.4 is 5.32 Å². The molecule has 2 N–H and O–H groups in total. The van der Waals surface area contributed by atoms with E-state index in [1.807, 2.05) is 35.0 Å². The van der Waals surface area contributed by atoms with Crippen LogP contribution in [0.1, 0.15) is 22.0 Å². The fourth-order valence-corrected chi connectivity index (χ4v) is 3.02. The lowest BCUT2D eigenvalue weighted by Crippen LogP contribution is -2.30. The maximum atomic E-state index is 12.2. The van der Waals surface area contributed by atoms with Crippen LogP contribution in [0.2, 0.25) is 0 Å². The largest absolute Gasteiger partial charge is 0.394 e. The number of hydrogen-bond acceptors (Lipinski definition) is 4. The summed E-state index contributed by atoms with van der Waals surface area (Å²) in [5.74, 6) is -0.157. The Morgan fingerprint density at radius 3 is 2.86 bits per heavy atom.